The standard InChI is InChI=1S/C8H5BrClN3OS/c9-6-7(10)12-4-13(8(6)14)3-5-11-1-2-15-5/h1-2,4H,3H2. The van der Waals surface area contributed by atoms with Gasteiger partial charge in [-0.25, -0.2) is 9.97 Å². The Labute approximate surface area is 103 Å². The molecule has 0 fully saturated rings. The van der Waals surface area contributed by atoms with Crippen LogP contribution in [0, 0.1) is 0 Å². The summed E-state index contributed by atoms with van der Waals surface area (Å²) in [5.74, 6) is 0. The molecule has 0 aliphatic carbocycles. The highest BCUT2D eigenvalue weighted by atomic mass is 79.9. The van der Waals surface area contributed by atoms with Crippen molar-refractivity contribution in [2.24, 2.45) is 0 Å². The molecule has 0 aliphatic rings. The second kappa shape index (κ2) is 4.42. The molecule has 0 saturated heterocycles. The van der Waals surface area contributed by atoms with Gasteiger partial charge in [-0.15, -0.1) is 11.3 Å². The van der Waals surface area contributed by atoms with Crippen molar-refractivity contribution in [3.05, 3.63) is 42.9 Å². The monoisotopic (exact) mass is 305 g/mol. The highest BCUT2D eigenvalue weighted by Crippen LogP contribution is 2.14. The number of thiazole rings is 1. The zero-order valence-corrected chi connectivity index (χ0v) is 10.5. The summed E-state index contributed by atoms with van der Waals surface area (Å²) >= 11 is 10.3. The van der Waals surface area contributed by atoms with E-state index in [1.165, 1.54) is 22.2 Å². The van der Waals surface area contributed by atoms with Crippen LogP contribution < -0.4 is 5.56 Å². The van der Waals surface area contributed by atoms with Crippen molar-refractivity contribution in [1.82, 2.24) is 14.5 Å². The van der Waals surface area contributed by atoms with E-state index in [1.54, 1.807) is 6.20 Å². The Morgan fingerprint density at radius 3 is 3.00 bits per heavy atom. The van der Waals surface area contributed by atoms with E-state index in [1.807, 2.05) is 5.38 Å². The van der Waals surface area contributed by atoms with Crippen LogP contribution in [0.3, 0.4) is 0 Å². The molecule has 0 amide bonds. The minimum atomic E-state index is -0.204. The average molecular weight is 307 g/mol. The fraction of sp³-hybridized carbons (Fsp3) is 0.125. The van der Waals surface area contributed by atoms with E-state index in [0.717, 1.165) is 5.01 Å². The van der Waals surface area contributed by atoms with Gasteiger partial charge in [0.2, 0.25) is 0 Å². The third-order valence-corrected chi connectivity index (χ3v) is 3.72. The predicted octanol–water partition coefficient (Wildman–Crippen LogP) is 2.16. The summed E-state index contributed by atoms with van der Waals surface area (Å²) in [5.41, 5.74) is -0.204. The lowest BCUT2D eigenvalue weighted by Gasteiger charge is -2.03. The Morgan fingerprint density at radius 2 is 2.33 bits per heavy atom. The Kier molecular flexibility index (Phi) is 3.18. The molecule has 2 aromatic rings. The quantitative estimate of drug-likeness (QED) is 0.799. The Balaban J connectivity index is 2.38. The molecule has 0 aromatic carbocycles. The molecule has 0 saturated carbocycles. The lowest BCUT2D eigenvalue weighted by molar-refractivity contribution is 0.726. The maximum Gasteiger partial charge on any atom is 0.269 e. The summed E-state index contributed by atoms with van der Waals surface area (Å²) < 4.78 is 1.73. The average Bonchev–Trinajstić information content (AvgIpc) is 2.72. The zero-order valence-electron chi connectivity index (χ0n) is 7.35. The van der Waals surface area contributed by atoms with E-state index in [9.17, 15) is 4.79 Å². The van der Waals surface area contributed by atoms with E-state index in [4.69, 9.17) is 11.6 Å². The minimum Gasteiger partial charge on any atom is -0.291 e. The molecule has 0 radical (unpaired) electrons. The van der Waals surface area contributed by atoms with Crippen LogP contribution in [-0.2, 0) is 6.54 Å². The second-order valence-electron chi connectivity index (χ2n) is 2.71. The molecule has 78 valence electrons. The van der Waals surface area contributed by atoms with Gasteiger partial charge in [-0.1, -0.05) is 11.6 Å². The van der Waals surface area contributed by atoms with Crippen LogP contribution in [0.25, 0.3) is 0 Å². The van der Waals surface area contributed by atoms with Crippen LogP contribution in [0.1, 0.15) is 5.01 Å². The topological polar surface area (TPSA) is 47.8 Å². The zero-order chi connectivity index (χ0) is 10.8. The van der Waals surface area contributed by atoms with Crippen LogP contribution in [0.4, 0.5) is 0 Å². The highest BCUT2D eigenvalue weighted by Gasteiger charge is 2.07. The van der Waals surface area contributed by atoms with Crippen LogP contribution >= 0.6 is 38.9 Å². The number of hydrogen-bond donors (Lipinski definition) is 0. The van der Waals surface area contributed by atoms with Crippen LogP contribution in [0.5, 0.6) is 0 Å². The molecule has 7 heteroatoms. The Morgan fingerprint density at radius 1 is 1.53 bits per heavy atom. The lowest BCUT2D eigenvalue weighted by Crippen LogP contribution is -2.21. The van der Waals surface area contributed by atoms with E-state index in [-0.39, 0.29) is 15.2 Å². The van der Waals surface area contributed by atoms with E-state index >= 15 is 0 Å². The maximum absolute atomic E-state index is 11.7. The van der Waals surface area contributed by atoms with Gasteiger partial charge in [0.05, 0.1) is 12.9 Å². The van der Waals surface area contributed by atoms with Gasteiger partial charge in [0.15, 0.2) is 5.15 Å². The van der Waals surface area contributed by atoms with Gasteiger partial charge in [0.25, 0.3) is 5.56 Å². The first-order valence-electron chi connectivity index (χ1n) is 3.97. The van der Waals surface area contributed by atoms with Crippen molar-refractivity contribution in [2.45, 2.75) is 6.54 Å². The molecule has 0 bridgehead atoms. The second-order valence-corrected chi connectivity index (χ2v) is 4.84. The molecular formula is C8H5BrClN3OS. The smallest absolute Gasteiger partial charge is 0.269 e. The summed E-state index contributed by atoms with van der Waals surface area (Å²) in [7, 11) is 0. The van der Waals surface area contributed by atoms with E-state index < -0.39 is 0 Å². The number of rotatable bonds is 2. The van der Waals surface area contributed by atoms with Gasteiger partial charge in [0, 0.05) is 11.6 Å². The molecule has 15 heavy (non-hydrogen) atoms. The molecule has 4 nitrogen and oxygen atoms in total. The molecular weight excluding hydrogens is 302 g/mol. The number of halogens is 2. The predicted molar refractivity (Wildman–Crippen MR) is 62.4 cm³/mol. The van der Waals surface area contributed by atoms with Crippen molar-refractivity contribution in [2.75, 3.05) is 0 Å². The minimum absolute atomic E-state index is 0.176. The first-order valence-corrected chi connectivity index (χ1v) is 6.02. The van der Waals surface area contributed by atoms with Gasteiger partial charge < -0.3 is 0 Å². The largest absolute Gasteiger partial charge is 0.291 e. The molecule has 0 spiro atoms. The number of aromatic nitrogens is 3. The first-order chi connectivity index (χ1) is 7.18. The summed E-state index contributed by atoms with van der Waals surface area (Å²) in [5, 5.41) is 2.89. The van der Waals surface area contributed by atoms with Crippen molar-refractivity contribution in [3.8, 4) is 0 Å². The summed E-state index contributed by atoms with van der Waals surface area (Å²) in [4.78, 5) is 19.7. The fourth-order valence-corrected chi connectivity index (χ4v) is 2.10. The van der Waals surface area contributed by atoms with Crippen LogP contribution in [0.15, 0.2) is 27.2 Å². The van der Waals surface area contributed by atoms with Crippen LogP contribution in [-0.4, -0.2) is 14.5 Å². The third-order valence-electron chi connectivity index (χ3n) is 1.73. The highest BCUT2D eigenvalue weighted by molar-refractivity contribution is 9.10. The molecule has 2 heterocycles. The molecule has 0 atom stereocenters. The Bertz CT molecular complexity index is 525. The molecule has 0 N–H and O–H groups in total. The Hall–Kier alpha value is -0.720. The van der Waals surface area contributed by atoms with Gasteiger partial charge in [-0.05, 0) is 15.9 Å². The molecule has 2 aromatic heterocycles. The SMILES string of the molecule is O=c1c(Br)c(Cl)ncn1Cc1nccs1. The third kappa shape index (κ3) is 2.27. The van der Waals surface area contributed by atoms with Gasteiger partial charge in [-0.2, -0.15) is 0 Å². The van der Waals surface area contributed by atoms with E-state index in [2.05, 4.69) is 25.9 Å². The van der Waals surface area contributed by atoms with Crippen molar-refractivity contribution >= 4 is 38.9 Å². The lowest BCUT2D eigenvalue weighted by atomic mass is 10.6. The van der Waals surface area contributed by atoms with Gasteiger partial charge >= 0.3 is 0 Å². The van der Waals surface area contributed by atoms with Crippen molar-refractivity contribution in [1.29, 1.82) is 0 Å². The fourth-order valence-electron chi connectivity index (χ4n) is 1.03. The maximum atomic E-state index is 11.7. The van der Waals surface area contributed by atoms with Gasteiger partial charge in [0.1, 0.15) is 9.48 Å². The number of nitrogens with zero attached hydrogens (tertiary/aromatic N) is 3. The molecule has 0 unspecified atom stereocenters. The van der Waals surface area contributed by atoms with Crippen LogP contribution in [0.2, 0.25) is 5.15 Å². The summed E-state index contributed by atoms with van der Waals surface area (Å²) in [6.07, 6.45) is 3.11. The van der Waals surface area contributed by atoms with Crippen molar-refractivity contribution in [3.63, 3.8) is 0 Å². The number of hydrogen-bond acceptors (Lipinski definition) is 4. The molecule has 2 rings (SSSR count). The summed E-state index contributed by atoms with van der Waals surface area (Å²) in [6.45, 7) is 0.416. The normalized spacial score (nSPS) is 10.5. The van der Waals surface area contributed by atoms with Gasteiger partial charge in [-0.3, -0.25) is 9.36 Å². The first kappa shape index (κ1) is 10.8. The summed E-state index contributed by atoms with van der Waals surface area (Å²) in [6, 6.07) is 0. The molecule has 0 aliphatic heterocycles. The van der Waals surface area contributed by atoms with E-state index in [0.29, 0.717) is 6.54 Å². The van der Waals surface area contributed by atoms with Crippen molar-refractivity contribution < 1.29 is 0 Å².